The predicted molar refractivity (Wildman–Crippen MR) is 139 cm³/mol. The molecule has 0 spiro atoms. The predicted octanol–water partition coefficient (Wildman–Crippen LogP) is 4.15. The summed E-state index contributed by atoms with van der Waals surface area (Å²) in [7, 11) is 1.81. The highest BCUT2D eigenvalue weighted by Crippen LogP contribution is 2.27. The van der Waals surface area contributed by atoms with E-state index in [1.54, 1.807) is 28.8 Å². The van der Waals surface area contributed by atoms with Crippen LogP contribution in [0.3, 0.4) is 0 Å². The third kappa shape index (κ3) is 3.85. The minimum atomic E-state index is -0.555. The summed E-state index contributed by atoms with van der Waals surface area (Å²) in [5.41, 5.74) is 3.90. The molecule has 0 unspecified atom stereocenters. The Kier molecular flexibility index (Phi) is 5.61. The summed E-state index contributed by atoms with van der Waals surface area (Å²) < 4.78 is 4.34. The number of anilines is 1. The van der Waals surface area contributed by atoms with Gasteiger partial charge in [0.25, 0.3) is 5.56 Å². The summed E-state index contributed by atoms with van der Waals surface area (Å²) in [5.74, 6) is -0.343. The highest BCUT2D eigenvalue weighted by atomic mass is 16.2. The fourth-order valence-electron chi connectivity index (χ4n) is 4.63. The van der Waals surface area contributed by atoms with Crippen molar-refractivity contribution in [2.24, 2.45) is 7.05 Å². The number of benzene rings is 3. The van der Waals surface area contributed by atoms with E-state index < -0.39 is 11.2 Å². The van der Waals surface area contributed by atoms with Crippen LogP contribution < -0.4 is 16.6 Å². The maximum atomic E-state index is 13.8. The fraction of sp³-hybridized carbons (Fsp3) is 0.179. The van der Waals surface area contributed by atoms with Crippen LogP contribution in [0.25, 0.3) is 27.6 Å². The zero-order valence-electron chi connectivity index (χ0n) is 19.9. The quantitative estimate of drug-likeness (QED) is 0.423. The number of carbonyl (C=O) groups is 1. The van der Waals surface area contributed by atoms with Crippen molar-refractivity contribution >= 4 is 33.5 Å². The van der Waals surface area contributed by atoms with E-state index in [1.807, 2.05) is 69.4 Å². The highest BCUT2D eigenvalue weighted by molar-refractivity contribution is 6.06. The number of para-hydroxylation sites is 1. The molecule has 0 aliphatic rings. The largest absolute Gasteiger partial charge is 0.338 e. The van der Waals surface area contributed by atoms with Gasteiger partial charge in [0, 0.05) is 18.1 Å². The molecule has 0 radical (unpaired) electrons. The fourth-order valence-corrected chi connectivity index (χ4v) is 4.63. The van der Waals surface area contributed by atoms with Gasteiger partial charge in [-0.15, -0.1) is 0 Å². The average molecular weight is 467 g/mol. The van der Waals surface area contributed by atoms with E-state index in [0.717, 1.165) is 33.0 Å². The van der Waals surface area contributed by atoms with Crippen LogP contribution in [0, 0.1) is 6.92 Å². The van der Waals surface area contributed by atoms with Crippen molar-refractivity contribution in [3.8, 4) is 5.69 Å². The Bertz CT molecular complexity index is 1710. The van der Waals surface area contributed by atoms with Crippen molar-refractivity contribution in [1.29, 1.82) is 0 Å². The van der Waals surface area contributed by atoms with Crippen molar-refractivity contribution in [3.05, 3.63) is 105 Å². The van der Waals surface area contributed by atoms with Gasteiger partial charge in [0.2, 0.25) is 5.91 Å². The van der Waals surface area contributed by atoms with Crippen molar-refractivity contribution in [1.82, 2.24) is 13.7 Å². The molecule has 0 bridgehead atoms. The molecule has 176 valence electrons. The SMILES string of the molecule is CCc1cccc(NC(=O)Cn2c(=O)n(-c3ccccc3)c(=O)c3c2c2cc(C)ccc2n3C)c1. The first-order valence-corrected chi connectivity index (χ1v) is 11.6. The van der Waals surface area contributed by atoms with Crippen molar-refractivity contribution in [2.45, 2.75) is 26.8 Å². The van der Waals surface area contributed by atoms with E-state index in [0.29, 0.717) is 22.4 Å². The second-order valence-corrected chi connectivity index (χ2v) is 8.72. The number of hydrogen-bond acceptors (Lipinski definition) is 3. The first-order chi connectivity index (χ1) is 16.9. The molecule has 2 heterocycles. The van der Waals surface area contributed by atoms with Crippen LogP contribution in [0.2, 0.25) is 0 Å². The Balaban J connectivity index is 1.75. The number of nitrogens with zero attached hydrogens (tertiary/aromatic N) is 3. The lowest BCUT2D eigenvalue weighted by atomic mass is 10.1. The average Bonchev–Trinajstić information content (AvgIpc) is 3.14. The maximum absolute atomic E-state index is 13.8. The monoisotopic (exact) mass is 466 g/mol. The number of fused-ring (bicyclic) bond motifs is 3. The molecule has 1 amide bonds. The zero-order chi connectivity index (χ0) is 24.7. The maximum Gasteiger partial charge on any atom is 0.336 e. The van der Waals surface area contributed by atoms with Crippen molar-refractivity contribution < 1.29 is 4.79 Å². The van der Waals surface area contributed by atoms with Crippen molar-refractivity contribution in [2.75, 3.05) is 5.32 Å². The second-order valence-electron chi connectivity index (χ2n) is 8.72. The summed E-state index contributed by atoms with van der Waals surface area (Å²) in [5, 5.41) is 3.67. The summed E-state index contributed by atoms with van der Waals surface area (Å²) >= 11 is 0. The van der Waals surface area contributed by atoms with Gasteiger partial charge in [0.05, 0.1) is 16.7 Å². The number of rotatable bonds is 5. The zero-order valence-corrected chi connectivity index (χ0v) is 19.9. The van der Waals surface area contributed by atoms with Crippen LogP contribution in [0.15, 0.2) is 82.4 Å². The molecule has 35 heavy (non-hydrogen) atoms. The number of nitrogens with one attached hydrogen (secondary N) is 1. The van der Waals surface area contributed by atoms with Crippen LogP contribution in [-0.4, -0.2) is 19.6 Å². The molecule has 3 aromatic carbocycles. The van der Waals surface area contributed by atoms with E-state index in [1.165, 1.54) is 4.57 Å². The molecule has 0 aliphatic heterocycles. The lowest BCUT2D eigenvalue weighted by Crippen LogP contribution is -2.41. The van der Waals surface area contributed by atoms with E-state index >= 15 is 0 Å². The molecule has 7 nitrogen and oxygen atoms in total. The standard InChI is InChI=1S/C28H26N4O3/c1-4-19-9-8-10-20(16-19)29-24(33)17-31-25-22-15-18(2)13-14-23(22)30(3)26(25)27(34)32(28(31)35)21-11-6-5-7-12-21/h5-16H,4,17H2,1-3H3,(H,29,33). The van der Waals surface area contributed by atoms with Gasteiger partial charge in [-0.3, -0.25) is 14.2 Å². The van der Waals surface area contributed by atoms with Crippen LogP contribution in [-0.2, 0) is 24.8 Å². The smallest absolute Gasteiger partial charge is 0.336 e. The molecular formula is C28H26N4O3. The van der Waals surface area contributed by atoms with Crippen LogP contribution in [0.5, 0.6) is 0 Å². The van der Waals surface area contributed by atoms with Gasteiger partial charge in [-0.2, -0.15) is 0 Å². The molecule has 7 heteroatoms. The number of aromatic nitrogens is 3. The third-order valence-corrected chi connectivity index (χ3v) is 6.36. The first-order valence-electron chi connectivity index (χ1n) is 11.6. The molecule has 0 fully saturated rings. The summed E-state index contributed by atoms with van der Waals surface area (Å²) in [6.45, 7) is 3.78. The van der Waals surface area contributed by atoms with Crippen molar-refractivity contribution in [3.63, 3.8) is 0 Å². The molecule has 0 atom stereocenters. The van der Waals surface area contributed by atoms with E-state index in [4.69, 9.17) is 0 Å². The second kappa shape index (κ2) is 8.76. The Morgan fingerprint density at radius 2 is 1.69 bits per heavy atom. The van der Waals surface area contributed by atoms with Crippen LogP contribution in [0.4, 0.5) is 5.69 Å². The minimum Gasteiger partial charge on any atom is -0.338 e. The van der Waals surface area contributed by atoms with Gasteiger partial charge in [-0.05, 0) is 55.3 Å². The number of amides is 1. The molecule has 2 aromatic heterocycles. The molecule has 0 saturated carbocycles. The normalized spacial score (nSPS) is 11.3. The molecule has 0 aliphatic carbocycles. The van der Waals surface area contributed by atoms with E-state index in [-0.39, 0.29) is 12.5 Å². The van der Waals surface area contributed by atoms with Gasteiger partial charge in [-0.25, -0.2) is 9.36 Å². The van der Waals surface area contributed by atoms with Crippen LogP contribution >= 0.6 is 0 Å². The molecule has 0 saturated heterocycles. The summed E-state index contributed by atoms with van der Waals surface area (Å²) in [6, 6.07) is 22.3. The van der Waals surface area contributed by atoms with Crippen LogP contribution in [0.1, 0.15) is 18.1 Å². The van der Waals surface area contributed by atoms with Gasteiger partial charge >= 0.3 is 5.69 Å². The number of aryl methyl sites for hydroxylation is 3. The Labute approximate surface area is 201 Å². The molecular weight excluding hydrogens is 440 g/mol. The van der Waals surface area contributed by atoms with E-state index in [2.05, 4.69) is 5.32 Å². The summed E-state index contributed by atoms with van der Waals surface area (Å²) in [4.78, 5) is 40.6. The summed E-state index contributed by atoms with van der Waals surface area (Å²) in [6.07, 6.45) is 0.848. The number of carbonyl (C=O) groups excluding carboxylic acids is 1. The van der Waals surface area contributed by atoms with E-state index in [9.17, 15) is 14.4 Å². The number of hydrogen-bond donors (Lipinski definition) is 1. The Morgan fingerprint density at radius 3 is 2.43 bits per heavy atom. The van der Waals surface area contributed by atoms with Gasteiger partial charge < -0.3 is 9.88 Å². The van der Waals surface area contributed by atoms with Gasteiger partial charge in [0.1, 0.15) is 12.1 Å². The topological polar surface area (TPSA) is 78.0 Å². The molecule has 5 rings (SSSR count). The lowest BCUT2D eigenvalue weighted by Gasteiger charge is -2.14. The van der Waals surface area contributed by atoms with Gasteiger partial charge in [-0.1, -0.05) is 48.9 Å². The van der Waals surface area contributed by atoms with Gasteiger partial charge in [0.15, 0.2) is 0 Å². The Hall–Kier alpha value is -4.39. The highest BCUT2D eigenvalue weighted by Gasteiger charge is 2.22. The minimum absolute atomic E-state index is 0.230. The first kappa shape index (κ1) is 22.4. The molecule has 5 aromatic rings. The third-order valence-electron chi connectivity index (χ3n) is 6.36. The lowest BCUT2D eigenvalue weighted by molar-refractivity contribution is -0.116. The Morgan fingerprint density at radius 1 is 0.914 bits per heavy atom. The molecule has 1 N–H and O–H groups in total.